The number of fused-ring (bicyclic) bond motifs is 2. The van der Waals surface area contributed by atoms with Crippen molar-refractivity contribution in [2.45, 2.75) is 0 Å². The molecule has 2 aromatic heterocycles. The van der Waals surface area contributed by atoms with Crippen LogP contribution in [0.3, 0.4) is 0 Å². The Hall–Kier alpha value is -3.18. The van der Waals surface area contributed by atoms with Gasteiger partial charge in [-0.2, -0.15) is 8.42 Å². The van der Waals surface area contributed by atoms with Gasteiger partial charge in [-0.3, -0.25) is 9.35 Å². The molecule has 182 valence electrons. The number of hydrogen-bond acceptors (Lipinski definition) is 6. The smallest absolute Gasteiger partial charge is 0.261 e. The van der Waals surface area contributed by atoms with E-state index in [1.165, 1.54) is 0 Å². The quantitative estimate of drug-likeness (QED) is 0.326. The highest BCUT2D eigenvalue weighted by Gasteiger charge is 2.10. The van der Waals surface area contributed by atoms with Crippen molar-refractivity contribution < 1.29 is 22.4 Å². The maximum absolute atomic E-state index is 12.5. The van der Waals surface area contributed by atoms with E-state index in [2.05, 4.69) is 14.9 Å². The van der Waals surface area contributed by atoms with E-state index < -0.39 is 10.1 Å². The van der Waals surface area contributed by atoms with Crippen LogP contribution in [0.2, 0.25) is 0 Å². The minimum atomic E-state index is -3.67. The summed E-state index contributed by atoms with van der Waals surface area (Å²) in [4.78, 5) is 21.0. The molecule has 4 aromatic rings. The number of ether oxygens (including phenoxy) is 2. The number of hydrogen-bond donors (Lipinski definition) is 3. The van der Waals surface area contributed by atoms with Gasteiger partial charge < -0.3 is 24.3 Å². The minimum absolute atomic E-state index is 0.106. The topological polar surface area (TPSA) is 125 Å². The zero-order chi connectivity index (χ0) is 24.7. The highest BCUT2D eigenvalue weighted by Crippen LogP contribution is 2.26. The van der Waals surface area contributed by atoms with Crippen LogP contribution in [0, 0.1) is 0 Å². The van der Waals surface area contributed by atoms with Crippen molar-refractivity contribution >= 4 is 31.9 Å². The second kappa shape index (κ2) is 11.3. The third kappa shape index (κ3) is 7.42. The third-order valence-electron chi connectivity index (χ3n) is 5.05. The van der Waals surface area contributed by atoms with Crippen LogP contribution in [0.4, 0.5) is 0 Å². The number of nitrogens with one attached hydrogen (secondary N) is 2. The van der Waals surface area contributed by atoms with Crippen molar-refractivity contribution in [3.63, 3.8) is 0 Å². The Morgan fingerprint density at radius 1 is 0.941 bits per heavy atom. The summed E-state index contributed by atoms with van der Waals surface area (Å²) in [6.07, 6.45) is 0.715. The van der Waals surface area contributed by atoms with Crippen LogP contribution in [-0.2, 0) is 14.9 Å². The van der Waals surface area contributed by atoms with E-state index in [1.54, 1.807) is 7.11 Å². The number of methoxy groups -OCH3 is 1. The molecule has 0 atom stereocenters. The molecule has 3 N–H and O–H groups in total. The van der Waals surface area contributed by atoms with Gasteiger partial charge in [0.05, 0.1) is 24.1 Å². The van der Waals surface area contributed by atoms with Crippen LogP contribution in [0.15, 0.2) is 59.4 Å². The molecule has 4 rings (SSSR count). The lowest BCUT2D eigenvalue weighted by atomic mass is 10.1. The summed E-state index contributed by atoms with van der Waals surface area (Å²) in [5.74, 6) is 0.815. The van der Waals surface area contributed by atoms with Crippen LogP contribution in [0.1, 0.15) is 0 Å². The van der Waals surface area contributed by atoms with Crippen LogP contribution >= 0.6 is 0 Å². The number of rotatable bonds is 8. The molecule has 0 aliphatic heterocycles. The number of benzene rings is 2. The molecule has 10 heteroatoms. The van der Waals surface area contributed by atoms with Gasteiger partial charge in [-0.05, 0) is 48.8 Å². The standard InChI is InChI=1S/C23H25N3O3.CH4O3S/c1-26(9-11-28-2)10-12-29-18-7-8-21-17(13-18)15-22(24-21)19-14-16-5-3-4-6-20(16)25-23(19)27;1-5(2,3)4/h3-8,13-15,24H,9-12H2,1-2H3,(H,25,27);1H3,(H,2,3,4). The van der Waals surface area contributed by atoms with Gasteiger partial charge in [0, 0.05) is 36.6 Å². The summed E-state index contributed by atoms with van der Waals surface area (Å²) in [6, 6.07) is 17.6. The molecule has 0 bridgehead atoms. The molecule has 0 aliphatic carbocycles. The van der Waals surface area contributed by atoms with Gasteiger partial charge in [-0.25, -0.2) is 0 Å². The molecule has 2 heterocycles. The average Bonchev–Trinajstić information content (AvgIpc) is 3.19. The SMILES string of the molecule is COCCN(C)CCOc1ccc2[nH]c(-c3cc4ccccc4[nH]c3=O)cc2c1.CS(=O)(=O)O. The molecule has 0 unspecified atom stereocenters. The fourth-order valence-electron chi connectivity index (χ4n) is 3.37. The maximum atomic E-state index is 12.5. The van der Waals surface area contributed by atoms with Crippen molar-refractivity contribution in [3.8, 4) is 17.0 Å². The van der Waals surface area contributed by atoms with Gasteiger partial charge in [-0.1, -0.05) is 18.2 Å². The highest BCUT2D eigenvalue weighted by molar-refractivity contribution is 7.85. The number of para-hydroxylation sites is 1. The lowest BCUT2D eigenvalue weighted by Crippen LogP contribution is -2.27. The van der Waals surface area contributed by atoms with Crippen LogP contribution in [-0.4, -0.2) is 74.6 Å². The summed E-state index contributed by atoms with van der Waals surface area (Å²) in [6.45, 7) is 3.02. The van der Waals surface area contributed by atoms with Gasteiger partial charge in [0.25, 0.3) is 15.7 Å². The molecule has 0 fully saturated rings. The summed E-state index contributed by atoms with van der Waals surface area (Å²) in [5.41, 5.74) is 3.12. The number of aromatic amines is 2. The monoisotopic (exact) mass is 487 g/mol. The molecular weight excluding hydrogens is 458 g/mol. The lowest BCUT2D eigenvalue weighted by Gasteiger charge is -2.16. The Kier molecular flexibility index (Phi) is 8.46. The first-order chi connectivity index (χ1) is 16.1. The third-order valence-corrected chi connectivity index (χ3v) is 5.05. The van der Waals surface area contributed by atoms with Crippen molar-refractivity contribution in [3.05, 3.63) is 65.0 Å². The van der Waals surface area contributed by atoms with Crippen molar-refractivity contribution in [2.75, 3.05) is 46.7 Å². The molecule has 0 saturated carbocycles. The molecule has 0 aliphatic rings. The second-order valence-corrected chi connectivity index (χ2v) is 9.38. The van der Waals surface area contributed by atoms with Gasteiger partial charge in [-0.15, -0.1) is 0 Å². The van der Waals surface area contributed by atoms with Crippen molar-refractivity contribution in [1.29, 1.82) is 0 Å². The molecule has 0 saturated heterocycles. The number of nitrogens with zero attached hydrogens (tertiary/aromatic N) is 1. The molecule has 0 spiro atoms. The Bertz CT molecular complexity index is 1400. The van der Waals surface area contributed by atoms with E-state index in [-0.39, 0.29) is 5.56 Å². The molecule has 9 nitrogen and oxygen atoms in total. The Morgan fingerprint density at radius 2 is 1.62 bits per heavy atom. The predicted octanol–water partition coefficient (Wildman–Crippen LogP) is 3.14. The van der Waals surface area contributed by atoms with Crippen molar-refractivity contribution in [1.82, 2.24) is 14.9 Å². The largest absolute Gasteiger partial charge is 0.492 e. The fraction of sp³-hybridized carbons (Fsp3) is 0.292. The van der Waals surface area contributed by atoms with Gasteiger partial charge in [0.1, 0.15) is 12.4 Å². The number of aromatic nitrogens is 2. The summed E-state index contributed by atoms with van der Waals surface area (Å²) >= 11 is 0. The predicted molar refractivity (Wildman–Crippen MR) is 134 cm³/mol. The van der Waals surface area contributed by atoms with E-state index in [0.717, 1.165) is 46.3 Å². The first-order valence-electron chi connectivity index (χ1n) is 10.6. The minimum Gasteiger partial charge on any atom is -0.492 e. The van der Waals surface area contributed by atoms with E-state index in [9.17, 15) is 13.2 Å². The summed E-state index contributed by atoms with van der Waals surface area (Å²) in [7, 11) is 0.0849. The average molecular weight is 488 g/mol. The fourth-order valence-corrected chi connectivity index (χ4v) is 3.37. The Labute approximate surface area is 198 Å². The van der Waals surface area contributed by atoms with Crippen LogP contribution < -0.4 is 10.3 Å². The number of H-pyrrole nitrogens is 2. The second-order valence-electron chi connectivity index (χ2n) is 7.91. The maximum Gasteiger partial charge on any atom is 0.261 e. The molecule has 0 radical (unpaired) electrons. The molecular formula is C24H29N3O6S. The first kappa shape index (κ1) is 25.4. The molecule has 2 aromatic carbocycles. The molecule has 34 heavy (non-hydrogen) atoms. The summed E-state index contributed by atoms with van der Waals surface area (Å²) < 4.78 is 36.9. The zero-order valence-electron chi connectivity index (χ0n) is 19.4. The van der Waals surface area contributed by atoms with Crippen LogP contribution in [0.5, 0.6) is 5.75 Å². The van der Waals surface area contributed by atoms with Crippen molar-refractivity contribution in [2.24, 2.45) is 0 Å². The number of pyridine rings is 1. The Balaban J connectivity index is 0.000000588. The normalized spacial score (nSPS) is 11.6. The van der Waals surface area contributed by atoms with E-state index in [4.69, 9.17) is 14.0 Å². The van der Waals surface area contributed by atoms with E-state index in [1.807, 2.05) is 61.6 Å². The summed E-state index contributed by atoms with van der Waals surface area (Å²) in [5, 5.41) is 2.01. The van der Waals surface area contributed by atoms with Gasteiger partial charge in [0.15, 0.2) is 0 Å². The van der Waals surface area contributed by atoms with Crippen LogP contribution in [0.25, 0.3) is 33.1 Å². The lowest BCUT2D eigenvalue weighted by molar-refractivity contribution is 0.150. The van der Waals surface area contributed by atoms with Gasteiger partial charge >= 0.3 is 0 Å². The Morgan fingerprint density at radius 3 is 2.35 bits per heavy atom. The van der Waals surface area contributed by atoms with Gasteiger partial charge in [0.2, 0.25) is 0 Å². The highest BCUT2D eigenvalue weighted by atomic mass is 32.2. The van der Waals surface area contributed by atoms with E-state index >= 15 is 0 Å². The van der Waals surface area contributed by atoms with E-state index in [0.29, 0.717) is 25.0 Å². The first-order valence-corrected chi connectivity index (χ1v) is 12.5. The number of likely N-dealkylation sites (N-methyl/N-ethyl adjacent to an activating group) is 1. The zero-order valence-corrected chi connectivity index (χ0v) is 20.2. The molecule has 0 amide bonds.